The van der Waals surface area contributed by atoms with Crippen molar-refractivity contribution in [3.05, 3.63) is 41.2 Å². The smallest absolute Gasteiger partial charge is 0.307 e. The number of amides is 1. The van der Waals surface area contributed by atoms with E-state index in [1.54, 1.807) is 18.2 Å². The van der Waals surface area contributed by atoms with Crippen molar-refractivity contribution in [1.29, 1.82) is 0 Å². The Hall–Kier alpha value is -2.78. The minimum atomic E-state index is -0.966. The van der Waals surface area contributed by atoms with E-state index in [0.717, 1.165) is 11.3 Å². The van der Waals surface area contributed by atoms with Crippen molar-refractivity contribution < 1.29 is 19.1 Å². The highest BCUT2D eigenvalue weighted by Gasteiger charge is 2.48. The molecule has 3 aromatic rings. The number of benzene rings is 1. The lowest BCUT2D eigenvalue weighted by Crippen LogP contribution is -2.16. The number of hydrogen-bond acceptors (Lipinski definition) is 6. The van der Waals surface area contributed by atoms with Crippen LogP contribution in [0.25, 0.3) is 10.3 Å². The number of fused-ring (bicyclic) bond motifs is 1. The lowest BCUT2D eigenvalue weighted by atomic mass is 10.3. The van der Waals surface area contributed by atoms with Gasteiger partial charge in [0.05, 0.1) is 17.5 Å². The van der Waals surface area contributed by atoms with E-state index in [4.69, 9.17) is 16.7 Å². The number of aromatic nitrogens is 2. The molecular formula is C17H12ClFN4O3S. The molecule has 2 heterocycles. The first-order valence-corrected chi connectivity index (χ1v) is 9.13. The molecule has 1 fully saturated rings. The number of carboxylic acids is 1. The van der Waals surface area contributed by atoms with Crippen LogP contribution < -0.4 is 10.6 Å². The second-order valence-electron chi connectivity index (χ2n) is 6.07. The van der Waals surface area contributed by atoms with Crippen molar-refractivity contribution in [2.45, 2.75) is 6.42 Å². The number of rotatable bonds is 5. The first kappa shape index (κ1) is 17.6. The van der Waals surface area contributed by atoms with Crippen LogP contribution in [0, 0.1) is 17.7 Å². The molecule has 1 aromatic carbocycles. The van der Waals surface area contributed by atoms with Crippen LogP contribution in [0.1, 0.15) is 6.42 Å². The number of nitrogens with zero attached hydrogens (tertiary/aromatic N) is 2. The van der Waals surface area contributed by atoms with Crippen LogP contribution >= 0.6 is 22.9 Å². The summed E-state index contributed by atoms with van der Waals surface area (Å²) in [6.45, 7) is 0. The largest absolute Gasteiger partial charge is 0.481 e. The van der Waals surface area contributed by atoms with Gasteiger partial charge in [-0.25, -0.2) is 14.4 Å². The van der Waals surface area contributed by atoms with Crippen molar-refractivity contribution in [3.63, 3.8) is 0 Å². The highest BCUT2D eigenvalue weighted by Crippen LogP contribution is 2.40. The van der Waals surface area contributed by atoms with Crippen molar-refractivity contribution in [1.82, 2.24) is 9.97 Å². The lowest BCUT2D eigenvalue weighted by Gasteiger charge is -2.06. The van der Waals surface area contributed by atoms with Gasteiger partial charge in [0.15, 0.2) is 5.13 Å². The van der Waals surface area contributed by atoms with E-state index in [2.05, 4.69) is 20.6 Å². The molecule has 2 unspecified atom stereocenters. The van der Waals surface area contributed by atoms with E-state index in [1.165, 1.54) is 12.1 Å². The van der Waals surface area contributed by atoms with Crippen LogP contribution in [0.2, 0.25) is 5.02 Å². The molecule has 0 saturated heterocycles. The SMILES string of the molecule is O=C(O)C1CC1C(=O)Nc1nc2ccc(Nc3ccc(Cl)cc3F)nc2s1. The standard InChI is InChI=1S/C17H12ClFN4O3S/c18-7-1-2-11(10(19)5-7)20-13-4-3-12-15(22-13)27-17(21-12)23-14(24)8-6-9(8)16(25)26/h1-5,8-9H,6H2,(H,20,22)(H,25,26)(H,21,23,24). The Morgan fingerprint density at radius 2 is 2.04 bits per heavy atom. The van der Waals surface area contributed by atoms with Gasteiger partial charge in [-0.1, -0.05) is 22.9 Å². The zero-order valence-corrected chi connectivity index (χ0v) is 15.1. The average Bonchev–Trinajstić information content (AvgIpc) is 3.32. The number of carboxylic acid groups (broad SMARTS) is 1. The fourth-order valence-electron chi connectivity index (χ4n) is 2.62. The summed E-state index contributed by atoms with van der Waals surface area (Å²) in [5, 5.41) is 15.0. The molecule has 27 heavy (non-hydrogen) atoms. The van der Waals surface area contributed by atoms with Crippen LogP contribution in [-0.4, -0.2) is 27.0 Å². The molecule has 4 rings (SSSR count). The van der Waals surface area contributed by atoms with Crippen LogP contribution in [-0.2, 0) is 9.59 Å². The molecule has 2 atom stereocenters. The van der Waals surface area contributed by atoms with Crippen LogP contribution in [0.5, 0.6) is 0 Å². The zero-order valence-electron chi connectivity index (χ0n) is 13.6. The van der Waals surface area contributed by atoms with Gasteiger partial charge in [0.2, 0.25) is 5.91 Å². The summed E-state index contributed by atoms with van der Waals surface area (Å²) in [6.07, 6.45) is 0.338. The van der Waals surface area contributed by atoms with Gasteiger partial charge >= 0.3 is 5.97 Å². The summed E-state index contributed by atoms with van der Waals surface area (Å²) in [7, 11) is 0. The third-order valence-electron chi connectivity index (χ3n) is 4.12. The fourth-order valence-corrected chi connectivity index (χ4v) is 3.62. The molecule has 0 spiro atoms. The van der Waals surface area contributed by atoms with Crippen LogP contribution in [0.3, 0.4) is 0 Å². The van der Waals surface area contributed by atoms with Gasteiger partial charge in [-0.2, -0.15) is 0 Å². The number of anilines is 3. The Bertz CT molecular complexity index is 1070. The summed E-state index contributed by atoms with van der Waals surface area (Å²) in [5.41, 5.74) is 0.806. The Balaban J connectivity index is 1.50. The van der Waals surface area contributed by atoms with Crippen molar-refractivity contribution in [2.24, 2.45) is 11.8 Å². The minimum Gasteiger partial charge on any atom is -0.481 e. The Labute approximate surface area is 161 Å². The molecule has 0 radical (unpaired) electrons. The maximum Gasteiger partial charge on any atom is 0.307 e. The predicted molar refractivity (Wildman–Crippen MR) is 100.0 cm³/mol. The van der Waals surface area contributed by atoms with E-state index in [0.29, 0.717) is 32.7 Å². The van der Waals surface area contributed by atoms with Gasteiger partial charge in [0.1, 0.15) is 22.0 Å². The summed E-state index contributed by atoms with van der Waals surface area (Å²) in [4.78, 5) is 32.1. The Morgan fingerprint density at radius 3 is 2.74 bits per heavy atom. The normalized spacial score (nSPS) is 18.3. The van der Waals surface area contributed by atoms with E-state index in [9.17, 15) is 14.0 Å². The molecule has 0 aliphatic heterocycles. The number of aliphatic carboxylic acids is 1. The van der Waals surface area contributed by atoms with Gasteiger partial charge in [-0.3, -0.25) is 9.59 Å². The van der Waals surface area contributed by atoms with Crippen LogP contribution in [0.4, 0.5) is 21.0 Å². The number of carbonyl (C=O) groups excluding carboxylic acids is 1. The lowest BCUT2D eigenvalue weighted by molar-refractivity contribution is -0.139. The van der Waals surface area contributed by atoms with E-state index < -0.39 is 23.6 Å². The first-order valence-electron chi connectivity index (χ1n) is 7.94. The van der Waals surface area contributed by atoms with Gasteiger partial charge in [-0.15, -0.1) is 0 Å². The third-order valence-corrected chi connectivity index (χ3v) is 5.24. The number of pyridine rings is 1. The Kier molecular flexibility index (Phi) is 4.40. The topological polar surface area (TPSA) is 104 Å². The van der Waals surface area contributed by atoms with Gasteiger partial charge in [-0.05, 0) is 36.8 Å². The quantitative estimate of drug-likeness (QED) is 0.593. The number of halogens is 2. The molecule has 138 valence electrons. The summed E-state index contributed by atoms with van der Waals surface area (Å²) in [5.74, 6) is -2.55. The van der Waals surface area contributed by atoms with Crippen LogP contribution in [0.15, 0.2) is 30.3 Å². The van der Waals surface area contributed by atoms with E-state index >= 15 is 0 Å². The van der Waals surface area contributed by atoms with Gasteiger partial charge in [0.25, 0.3) is 0 Å². The molecule has 10 heteroatoms. The second-order valence-corrected chi connectivity index (χ2v) is 7.48. The monoisotopic (exact) mass is 406 g/mol. The summed E-state index contributed by atoms with van der Waals surface area (Å²) >= 11 is 6.89. The van der Waals surface area contributed by atoms with Crippen molar-refractivity contribution in [3.8, 4) is 0 Å². The maximum atomic E-state index is 13.9. The number of nitrogens with one attached hydrogen (secondary N) is 2. The molecular weight excluding hydrogens is 395 g/mol. The zero-order chi connectivity index (χ0) is 19.1. The molecule has 7 nitrogen and oxygen atoms in total. The maximum absolute atomic E-state index is 13.9. The number of carbonyl (C=O) groups is 2. The molecule has 2 aromatic heterocycles. The van der Waals surface area contributed by atoms with E-state index in [1.807, 2.05) is 0 Å². The Morgan fingerprint density at radius 1 is 1.22 bits per heavy atom. The highest BCUT2D eigenvalue weighted by atomic mass is 35.5. The first-order chi connectivity index (χ1) is 12.9. The third kappa shape index (κ3) is 3.69. The molecule has 1 aliphatic rings. The fraction of sp³-hybridized carbons (Fsp3) is 0.176. The van der Waals surface area contributed by atoms with Crippen molar-refractivity contribution in [2.75, 3.05) is 10.6 Å². The van der Waals surface area contributed by atoms with Crippen molar-refractivity contribution >= 4 is 61.8 Å². The second kappa shape index (κ2) is 6.75. The molecule has 1 amide bonds. The molecule has 0 bridgehead atoms. The highest BCUT2D eigenvalue weighted by molar-refractivity contribution is 7.22. The summed E-state index contributed by atoms with van der Waals surface area (Å²) in [6, 6.07) is 7.61. The minimum absolute atomic E-state index is 0.234. The summed E-state index contributed by atoms with van der Waals surface area (Å²) < 4.78 is 13.9. The van der Waals surface area contributed by atoms with Gasteiger partial charge < -0.3 is 15.7 Å². The molecule has 3 N–H and O–H groups in total. The number of hydrogen-bond donors (Lipinski definition) is 3. The predicted octanol–water partition coefficient (Wildman–Crippen LogP) is 3.89. The molecule has 1 aliphatic carbocycles. The molecule has 1 saturated carbocycles. The van der Waals surface area contributed by atoms with Gasteiger partial charge in [0, 0.05) is 5.02 Å². The van der Waals surface area contributed by atoms with E-state index in [-0.39, 0.29) is 11.6 Å². The number of thiazole rings is 1. The average molecular weight is 407 g/mol.